The average Bonchev–Trinajstić information content (AvgIpc) is 2.79. The fraction of sp³-hybridized carbons (Fsp3) is 0.417. The quantitative estimate of drug-likeness (QED) is 0.901. The summed E-state index contributed by atoms with van der Waals surface area (Å²) < 4.78 is 6.82. The molecule has 0 fully saturated rings. The van der Waals surface area contributed by atoms with Gasteiger partial charge in [-0.2, -0.15) is 5.10 Å². The molecule has 6 heteroatoms. The molecule has 1 N–H and O–H groups in total. The highest BCUT2D eigenvalue weighted by atomic mass is 16.5. The number of aromatic nitrogens is 3. The Labute approximate surface area is 104 Å². The van der Waals surface area contributed by atoms with Gasteiger partial charge in [-0.3, -0.25) is 4.68 Å². The molecule has 0 atom stereocenters. The summed E-state index contributed by atoms with van der Waals surface area (Å²) in [7, 11) is 0. The van der Waals surface area contributed by atoms with Gasteiger partial charge in [0.1, 0.15) is 17.0 Å². The zero-order valence-electron chi connectivity index (χ0n) is 10.8. The molecule has 0 saturated carbocycles. The van der Waals surface area contributed by atoms with Crippen molar-refractivity contribution >= 4 is 5.97 Å². The maximum atomic E-state index is 11.2. The zero-order valence-corrected chi connectivity index (χ0v) is 10.8. The van der Waals surface area contributed by atoms with Gasteiger partial charge < -0.3 is 9.63 Å². The number of aromatic carboxylic acids is 1. The van der Waals surface area contributed by atoms with E-state index in [4.69, 9.17) is 4.52 Å². The SMILES string of the molecule is CCn1nc(C)c(-c2noc(C)c2C(=O)O)c1C. The molecule has 0 bridgehead atoms. The van der Waals surface area contributed by atoms with Crippen LogP contribution in [0.5, 0.6) is 0 Å². The van der Waals surface area contributed by atoms with Crippen molar-refractivity contribution in [3.63, 3.8) is 0 Å². The van der Waals surface area contributed by atoms with E-state index >= 15 is 0 Å². The van der Waals surface area contributed by atoms with Crippen LogP contribution in [0.4, 0.5) is 0 Å². The third-order valence-corrected chi connectivity index (χ3v) is 2.99. The van der Waals surface area contributed by atoms with Crippen molar-refractivity contribution in [1.29, 1.82) is 0 Å². The zero-order chi connectivity index (χ0) is 13.4. The molecular weight excluding hydrogens is 234 g/mol. The largest absolute Gasteiger partial charge is 0.477 e. The van der Waals surface area contributed by atoms with Crippen LogP contribution >= 0.6 is 0 Å². The maximum absolute atomic E-state index is 11.2. The highest BCUT2D eigenvalue weighted by molar-refractivity contribution is 5.96. The molecule has 0 amide bonds. The normalized spacial score (nSPS) is 10.9. The predicted molar refractivity (Wildman–Crippen MR) is 64.6 cm³/mol. The van der Waals surface area contributed by atoms with Crippen LogP contribution in [-0.4, -0.2) is 26.0 Å². The summed E-state index contributed by atoms with van der Waals surface area (Å²) in [5.41, 5.74) is 2.86. The highest BCUT2D eigenvalue weighted by Gasteiger charge is 2.25. The van der Waals surface area contributed by atoms with E-state index in [1.165, 1.54) is 0 Å². The van der Waals surface area contributed by atoms with Crippen molar-refractivity contribution in [2.45, 2.75) is 34.2 Å². The summed E-state index contributed by atoms with van der Waals surface area (Å²) >= 11 is 0. The lowest BCUT2D eigenvalue weighted by Gasteiger charge is -2.00. The molecule has 0 aliphatic carbocycles. The van der Waals surface area contributed by atoms with Gasteiger partial charge in [-0.25, -0.2) is 4.79 Å². The number of nitrogens with zero attached hydrogens (tertiary/aromatic N) is 3. The summed E-state index contributed by atoms with van der Waals surface area (Å²) in [6, 6.07) is 0. The van der Waals surface area contributed by atoms with Gasteiger partial charge in [0.15, 0.2) is 0 Å². The highest BCUT2D eigenvalue weighted by Crippen LogP contribution is 2.30. The van der Waals surface area contributed by atoms with Crippen LogP contribution in [0.15, 0.2) is 4.52 Å². The van der Waals surface area contributed by atoms with Gasteiger partial charge in [0.25, 0.3) is 0 Å². The number of carboxylic acids is 1. The standard InChI is InChI=1S/C12H15N3O3/c1-5-15-7(3)9(6(2)13-15)11-10(12(16)17)8(4)18-14-11/h5H2,1-4H3,(H,16,17). The van der Waals surface area contributed by atoms with Gasteiger partial charge in [-0.15, -0.1) is 0 Å². The molecule has 2 aromatic heterocycles. The second kappa shape index (κ2) is 4.29. The minimum Gasteiger partial charge on any atom is -0.477 e. The van der Waals surface area contributed by atoms with Gasteiger partial charge in [-0.1, -0.05) is 5.16 Å². The van der Waals surface area contributed by atoms with E-state index in [-0.39, 0.29) is 5.56 Å². The first kappa shape index (κ1) is 12.3. The molecule has 0 aromatic carbocycles. The van der Waals surface area contributed by atoms with Crippen LogP contribution in [0.25, 0.3) is 11.3 Å². The third kappa shape index (κ3) is 1.70. The van der Waals surface area contributed by atoms with E-state index in [9.17, 15) is 9.90 Å². The molecule has 0 radical (unpaired) electrons. The fourth-order valence-electron chi connectivity index (χ4n) is 2.14. The van der Waals surface area contributed by atoms with Crippen molar-refractivity contribution < 1.29 is 14.4 Å². The molecular formula is C12H15N3O3. The molecule has 0 spiro atoms. The molecule has 0 saturated heterocycles. The Balaban J connectivity index is 2.70. The van der Waals surface area contributed by atoms with Crippen molar-refractivity contribution in [2.24, 2.45) is 0 Å². The van der Waals surface area contributed by atoms with Crippen molar-refractivity contribution in [3.8, 4) is 11.3 Å². The lowest BCUT2D eigenvalue weighted by Crippen LogP contribution is -2.01. The van der Waals surface area contributed by atoms with E-state index in [0.29, 0.717) is 11.5 Å². The number of aryl methyl sites for hydroxylation is 3. The summed E-state index contributed by atoms with van der Waals surface area (Å²) in [5, 5.41) is 17.4. The van der Waals surface area contributed by atoms with Gasteiger partial charge in [0.05, 0.1) is 5.69 Å². The van der Waals surface area contributed by atoms with Crippen LogP contribution in [0, 0.1) is 20.8 Å². The fourth-order valence-corrected chi connectivity index (χ4v) is 2.14. The Hall–Kier alpha value is -2.11. The van der Waals surface area contributed by atoms with Crippen molar-refractivity contribution in [3.05, 3.63) is 22.7 Å². The summed E-state index contributed by atoms with van der Waals surface area (Å²) in [5.74, 6) is -0.729. The number of carbonyl (C=O) groups is 1. The minimum atomic E-state index is -1.04. The van der Waals surface area contributed by atoms with E-state index in [1.807, 2.05) is 25.5 Å². The van der Waals surface area contributed by atoms with E-state index in [0.717, 1.165) is 23.5 Å². The van der Waals surface area contributed by atoms with Crippen LogP contribution in [-0.2, 0) is 6.54 Å². The second-order valence-electron chi connectivity index (χ2n) is 4.13. The molecule has 0 aliphatic heterocycles. The molecule has 96 valence electrons. The Morgan fingerprint density at radius 2 is 2.06 bits per heavy atom. The topological polar surface area (TPSA) is 81.2 Å². The average molecular weight is 249 g/mol. The van der Waals surface area contributed by atoms with Gasteiger partial charge in [-0.05, 0) is 27.7 Å². The molecule has 2 rings (SSSR count). The molecule has 2 aromatic rings. The number of rotatable bonds is 3. The number of hydrogen-bond acceptors (Lipinski definition) is 4. The first-order valence-corrected chi connectivity index (χ1v) is 5.71. The predicted octanol–water partition coefficient (Wildman–Crippen LogP) is 2.18. The third-order valence-electron chi connectivity index (χ3n) is 2.99. The van der Waals surface area contributed by atoms with E-state index in [1.54, 1.807) is 6.92 Å². The summed E-state index contributed by atoms with van der Waals surface area (Å²) in [6.07, 6.45) is 0. The van der Waals surface area contributed by atoms with E-state index < -0.39 is 5.97 Å². The Kier molecular flexibility index (Phi) is 2.94. The smallest absolute Gasteiger partial charge is 0.341 e. The first-order valence-electron chi connectivity index (χ1n) is 5.71. The van der Waals surface area contributed by atoms with Crippen LogP contribution in [0.1, 0.15) is 34.4 Å². The monoisotopic (exact) mass is 249 g/mol. The van der Waals surface area contributed by atoms with Crippen molar-refractivity contribution in [2.75, 3.05) is 0 Å². The minimum absolute atomic E-state index is 0.108. The van der Waals surface area contributed by atoms with Crippen LogP contribution in [0.2, 0.25) is 0 Å². The number of hydrogen-bond donors (Lipinski definition) is 1. The molecule has 6 nitrogen and oxygen atoms in total. The summed E-state index contributed by atoms with van der Waals surface area (Å²) in [6.45, 7) is 8.04. The van der Waals surface area contributed by atoms with Gasteiger partial charge in [0.2, 0.25) is 0 Å². The van der Waals surface area contributed by atoms with Gasteiger partial charge >= 0.3 is 5.97 Å². The van der Waals surface area contributed by atoms with Crippen LogP contribution in [0.3, 0.4) is 0 Å². The lowest BCUT2D eigenvalue weighted by molar-refractivity contribution is 0.0696. The second-order valence-corrected chi connectivity index (χ2v) is 4.13. The molecule has 2 heterocycles. The Morgan fingerprint density at radius 3 is 2.56 bits per heavy atom. The molecule has 0 aliphatic rings. The molecule has 18 heavy (non-hydrogen) atoms. The Bertz CT molecular complexity index is 610. The number of carboxylic acid groups (broad SMARTS) is 1. The summed E-state index contributed by atoms with van der Waals surface area (Å²) in [4.78, 5) is 11.2. The first-order chi connectivity index (χ1) is 8.47. The lowest BCUT2D eigenvalue weighted by atomic mass is 10.0. The van der Waals surface area contributed by atoms with Crippen molar-refractivity contribution in [1.82, 2.24) is 14.9 Å². The maximum Gasteiger partial charge on any atom is 0.341 e. The van der Waals surface area contributed by atoms with Crippen LogP contribution < -0.4 is 0 Å². The Morgan fingerprint density at radius 1 is 1.39 bits per heavy atom. The molecule has 0 unspecified atom stereocenters. The van der Waals surface area contributed by atoms with Gasteiger partial charge in [0, 0.05) is 17.8 Å². The van der Waals surface area contributed by atoms with E-state index in [2.05, 4.69) is 10.3 Å².